The second-order valence-electron chi connectivity index (χ2n) is 12.8. The van der Waals surface area contributed by atoms with Crippen molar-refractivity contribution in [3.8, 4) is 5.75 Å². The first-order valence-corrected chi connectivity index (χ1v) is 16.4. The van der Waals surface area contributed by atoms with Crippen molar-refractivity contribution in [3.05, 3.63) is 77.9 Å². The van der Waals surface area contributed by atoms with Crippen molar-refractivity contribution in [2.24, 2.45) is 0 Å². The minimum Gasteiger partial charge on any atom is -0.491 e. The van der Waals surface area contributed by atoms with Crippen molar-refractivity contribution < 1.29 is 23.9 Å². The third-order valence-electron chi connectivity index (χ3n) is 9.30. The van der Waals surface area contributed by atoms with Gasteiger partial charge in [0.15, 0.2) is 0 Å². The first kappa shape index (κ1) is 31.5. The number of carbonyl (C=O) groups is 4. The van der Waals surface area contributed by atoms with Gasteiger partial charge >= 0.3 is 0 Å². The molecule has 0 aliphatic carbocycles. The van der Waals surface area contributed by atoms with E-state index in [1.807, 2.05) is 42.5 Å². The van der Waals surface area contributed by atoms with Crippen LogP contribution in [0.3, 0.4) is 0 Å². The maximum Gasteiger partial charge on any atom is 0.253 e. The third kappa shape index (κ3) is 7.67. The molecule has 3 aliphatic rings. The summed E-state index contributed by atoms with van der Waals surface area (Å²) in [5, 5.41) is 8.38. The molecule has 10 nitrogen and oxygen atoms in total. The normalized spacial score (nSPS) is 22.7. The van der Waals surface area contributed by atoms with Gasteiger partial charge in [-0.3, -0.25) is 24.1 Å². The molecule has 0 aromatic heterocycles. The summed E-state index contributed by atoms with van der Waals surface area (Å²) in [6.45, 7) is 2.98. The molecule has 3 aromatic rings. The van der Waals surface area contributed by atoms with E-state index >= 15 is 0 Å². The Labute approximate surface area is 270 Å². The molecule has 2 bridgehead atoms. The summed E-state index contributed by atoms with van der Waals surface area (Å²) in [4.78, 5) is 59.1. The van der Waals surface area contributed by atoms with Crippen LogP contribution < -0.4 is 15.4 Å². The zero-order valence-electron chi connectivity index (χ0n) is 26.5. The molecular formula is C36H43N5O5. The van der Waals surface area contributed by atoms with Crippen LogP contribution in [-0.4, -0.2) is 103 Å². The minimum absolute atomic E-state index is 0.107. The Kier molecular flexibility index (Phi) is 9.82. The van der Waals surface area contributed by atoms with Crippen LogP contribution in [0.4, 0.5) is 0 Å². The summed E-state index contributed by atoms with van der Waals surface area (Å²) in [6.07, 6.45) is 3.84. The summed E-state index contributed by atoms with van der Waals surface area (Å²) in [7, 11) is 1.74. The Balaban J connectivity index is 1.19. The van der Waals surface area contributed by atoms with Crippen molar-refractivity contribution in [1.82, 2.24) is 25.3 Å². The number of likely N-dealkylation sites (tertiary alicyclic amines) is 1. The molecule has 3 heterocycles. The summed E-state index contributed by atoms with van der Waals surface area (Å²) in [6, 6.07) is 19.9. The van der Waals surface area contributed by atoms with Crippen LogP contribution in [0.1, 0.15) is 48.0 Å². The van der Waals surface area contributed by atoms with Crippen LogP contribution >= 0.6 is 0 Å². The number of nitrogens with one attached hydrogen (secondary N) is 2. The van der Waals surface area contributed by atoms with Gasteiger partial charge in [0.2, 0.25) is 17.7 Å². The van der Waals surface area contributed by atoms with E-state index < -0.39 is 6.04 Å². The lowest BCUT2D eigenvalue weighted by Gasteiger charge is -2.30. The lowest BCUT2D eigenvalue weighted by molar-refractivity contribution is -0.138. The molecule has 4 amide bonds. The molecule has 3 atom stereocenters. The minimum atomic E-state index is -0.742. The monoisotopic (exact) mass is 625 g/mol. The second kappa shape index (κ2) is 14.3. The molecule has 0 radical (unpaired) electrons. The zero-order chi connectivity index (χ0) is 32.0. The predicted octanol–water partition coefficient (Wildman–Crippen LogP) is 2.99. The van der Waals surface area contributed by atoms with E-state index in [2.05, 4.69) is 15.5 Å². The molecule has 2 N–H and O–H groups in total. The number of ether oxygens (including phenoxy) is 1. The first-order chi connectivity index (χ1) is 22.3. The summed E-state index contributed by atoms with van der Waals surface area (Å²) in [5.41, 5.74) is 1.46. The van der Waals surface area contributed by atoms with Crippen molar-refractivity contribution in [2.75, 3.05) is 46.4 Å². The predicted molar refractivity (Wildman–Crippen MR) is 175 cm³/mol. The number of fused-ring (bicyclic) bond motifs is 4. The van der Waals surface area contributed by atoms with Gasteiger partial charge in [-0.05, 0) is 79.7 Å². The van der Waals surface area contributed by atoms with Crippen molar-refractivity contribution >= 4 is 34.4 Å². The second-order valence-corrected chi connectivity index (χ2v) is 12.8. The van der Waals surface area contributed by atoms with E-state index in [-0.39, 0.29) is 55.3 Å². The molecule has 10 heteroatoms. The standard InChI is InChI=1S/C36H43N5O5/c1-39-15-7-12-32(38-34(43)23-40-16-4-5-17-40)36(45)41-22-29(21-30(41)24-46-31-11-6-10-28(20-31)35(39)44)37-33(42)19-25-13-14-26-8-2-3-9-27(26)18-25/h2-3,6,8-11,13-14,18,20,29-30,32H,4-5,7,12,15-17,19,21-24H2,1H3,(H,37,42)(H,38,43)/t29-,30-,32-/m0/s1. The number of rotatable bonds is 6. The lowest BCUT2D eigenvalue weighted by atomic mass is 10.0. The Hall–Kier alpha value is -4.44. The topological polar surface area (TPSA) is 111 Å². The van der Waals surface area contributed by atoms with Crippen LogP contribution in [-0.2, 0) is 20.8 Å². The van der Waals surface area contributed by atoms with Crippen molar-refractivity contribution in [1.29, 1.82) is 0 Å². The molecule has 2 fully saturated rings. The number of hydrogen-bond donors (Lipinski definition) is 2. The Morgan fingerprint density at radius 3 is 2.50 bits per heavy atom. The Morgan fingerprint density at radius 2 is 1.67 bits per heavy atom. The SMILES string of the molecule is CN1CCC[C@H](NC(=O)CN2CCCC2)C(=O)N2C[C@@H](NC(=O)Cc3ccc4ccccc4c3)C[C@H]2COc2cccc(c2)C1=O. The van der Waals surface area contributed by atoms with Crippen LogP contribution in [0.25, 0.3) is 10.8 Å². The van der Waals surface area contributed by atoms with Crippen LogP contribution in [0, 0.1) is 0 Å². The number of amides is 4. The van der Waals surface area contributed by atoms with Gasteiger partial charge in [0.05, 0.1) is 19.0 Å². The third-order valence-corrected chi connectivity index (χ3v) is 9.30. The smallest absolute Gasteiger partial charge is 0.253 e. The fourth-order valence-corrected chi connectivity index (χ4v) is 6.87. The molecule has 242 valence electrons. The Morgan fingerprint density at radius 1 is 0.870 bits per heavy atom. The first-order valence-electron chi connectivity index (χ1n) is 16.4. The van der Waals surface area contributed by atoms with Crippen LogP contribution in [0.15, 0.2) is 66.7 Å². The summed E-state index contributed by atoms with van der Waals surface area (Å²) >= 11 is 0. The van der Waals surface area contributed by atoms with Crippen LogP contribution in [0.2, 0.25) is 0 Å². The van der Waals surface area contributed by atoms with Crippen molar-refractivity contribution in [2.45, 2.75) is 56.7 Å². The molecular weight excluding hydrogens is 582 g/mol. The van der Waals surface area contributed by atoms with E-state index in [1.54, 1.807) is 41.1 Å². The van der Waals surface area contributed by atoms with E-state index in [4.69, 9.17) is 4.74 Å². The fourth-order valence-electron chi connectivity index (χ4n) is 6.87. The molecule has 3 aromatic carbocycles. The maximum atomic E-state index is 14.2. The summed E-state index contributed by atoms with van der Waals surface area (Å²) < 4.78 is 6.16. The van der Waals surface area contributed by atoms with Crippen molar-refractivity contribution in [3.63, 3.8) is 0 Å². The number of hydrogen-bond acceptors (Lipinski definition) is 6. The lowest BCUT2D eigenvalue weighted by Crippen LogP contribution is -2.53. The number of carbonyl (C=O) groups excluding carboxylic acids is 4. The van der Waals surface area contributed by atoms with E-state index in [9.17, 15) is 19.2 Å². The van der Waals surface area contributed by atoms with Gasteiger partial charge in [0, 0.05) is 31.7 Å². The van der Waals surface area contributed by atoms with Gasteiger partial charge in [-0.2, -0.15) is 0 Å². The molecule has 0 saturated carbocycles. The van der Waals surface area contributed by atoms with E-state index in [0.717, 1.165) is 42.3 Å². The average molecular weight is 626 g/mol. The number of nitrogens with zero attached hydrogens (tertiary/aromatic N) is 3. The van der Waals surface area contributed by atoms with Gasteiger partial charge in [0.1, 0.15) is 18.4 Å². The highest BCUT2D eigenvalue weighted by molar-refractivity contribution is 5.94. The van der Waals surface area contributed by atoms with E-state index in [1.165, 1.54) is 0 Å². The van der Waals surface area contributed by atoms with Gasteiger partial charge in [-0.1, -0.05) is 48.5 Å². The molecule has 3 aliphatic heterocycles. The van der Waals surface area contributed by atoms with Gasteiger partial charge < -0.3 is 25.2 Å². The van der Waals surface area contributed by atoms with Gasteiger partial charge in [0.25, 0.3) is 5.91 Å². The average Bonchev–Trinajstić information content (AvgIpc) is 3.72. The zero-order valence-corrected chi connectivity index (χ0v) is 26.5. The molecule has 6 rings (SSSR count). The highest BCUT2D eigenvalue weighted by atomic mass is 16.5. The fraction of sp³-hybridized carbons (Fsp3) is 0.444. The summed E-state index contributed by atoms with van der Waals surface area (Å²) in [5.74, 6) is -0.0459. The molecule has 2 saturated heterocycles. The van der Waals surface area contributed by atoms with Crippen LogP contribution in [0.5, 0.6) is 5.75 Å². The van der Waals surface area contributed by atoms with Gasteiger partial charge in [-0.15, -0.1) is 0 Å². The number of benzene rings is 3. The van der Waals surface area contributed by atoms with E-state index in [0.29, 0.717) is 43.7 Å². The largest absolute Gasteiger partial charge is 0.491 e. The van der Waals surface area contributed by atoms with Gasteiger partial charge in [-0.25, -0.2) is 0 Å². The maximum absolute atomic E-state index is 14.2. The highest BCUT2D eigenvalue weighted by Gasteiger charge is 2.39. The Bertz CT molecular complexity index is 1590. The quantitative estimate of drug-likeness (QED) is 0.436. The molecule has 0 spiro atoms. The molecule has 0 unspecified atom stereocenters. The highest BCUT2D eigenvalue weighted by Crippen LogP contribution is 2.24. The molecule has 46 heavy (non-hydrogen) atoms.